The molecule has 0 amide bonds. The molecule has 96 valence electrons. The van der Waals surface area contributed by atoms with E-state index < -0.39 is 0 Å². The van der Waals surface area contributed by atoms with E-state index in [1.54, 1.807) is 0 Å². The summed E-state index contributed by atoms with van der Waals surface area (Å²) in [5, 5.41) is 12.3. The van der Waals surface area contributed by atoms with Crippen LogP contribution in [-0.4, -0.2) is 42.6 Å². The second-order valence-corrected chi connectivity index (χ2v) is 5.75. The van der Waals surface area contributed by atoms with Crippen molar-refractivity contribution < 1.29 is 0 Å². The summed E-state index contributed by atoms with van der Waals surface area (Å²) in [4.78, 5) is 2.50. The van der Waals surface area contributed by atoms with Crippen molar-refractivity contribution in [2.45, 2.75) is 6.92 Å². The molecule has 3 nitrogen and oxygen atoms in total. The maximum absolute atomic E-state index is 8.88. The van der Waals surface area contributed by atoms with Gasteiger partial charge in [0.05, 0.1) is 11.6 Å². The van der Waals surface area contributed by atoms with Crippen molar-refractivity contribution in [1.82, 2.24) is 4.90 Å². The van der Waals surface area contributed by atoms with E-state index in [-0.39, 0.29) is 0 Å². The zero-order chi connectivity index (χ0) is 12.8. The molecule has 2 rings (SSSR count). The number of hydrogen-bond donors (Lipinski definition) is 1. The predicted octanol–water partition coefficient (Wildman–Crippen LogP) is 2.33. The van der Waals surface area contributed by atoms with Crippen LogP contribution in [0.3, 0.4) is 0 Å². The normalized spacial score (nSPS) is 16.2. The Kier molecular flexibility index (Phi) is 4.91. The smallest absolute Gasteiger partial charge is 0.0994 e. The molecule has 1 fully saturated rings. The van der Waals surface area contributed by atoms with Crippen molar-refractivity contribution in [2.75, 3.05) is 43.0 Å². The molecule has 0 unspecified atom stereocenters. The summed E-state index contributed by atoms with van der Waals surface area (Å²) in [6.07, 6.45) is 0. The van der Waals surface area contributed by atoms with E-state index in [1.807, 2.05) is 36.9 Å². The van der Waals surface area contributed by atoms with Crippen LogP contribution in [0.15, 0.2) is 18.2 Å². The minimum absolute atomic E-state index is 0.758. The molecule has 1 aliphatic rings. The maximum atomic E-state index is 8.88. The third-order valence-corrected chi connectivity index (χ3v) is 4.15. The van der Waals surface area contributed by atoms with E-state index in [0.29, 0.717) is 0 Å². The minimum atomic E-state index is 0.758. The largest absolute Gasteiger partial charge is 0.384 e. The van der Waals surface area contributed by atoms with Gasteiger partial charge in [0, 0.05) is 43.4 Å². The Morgan fingerprint density at radius 1 is 1.39 bits per heavy atom. The van der Waals surface area contributed by atoms with E-state index in [2.05, 4.69) is 16.3 Å². The number of thioether (sulfide) groups is 1. The van der Waals surface area contributed by atoms with Crippen molar-refractivity contribution in [3.63, 3.8) is 0 Å². The van der Waals surface area contributed by atoms with Crippen LogP contribution in [-0.2, 0) is 0 Å². The fourth-order valence-corrected chi connectivity index (χ4v) is 3.06. The highest BCUT2D eigenvalue weighted by Crippen LogP contribution is 2.14. The van der Waals surface area contributed by atoms with Crippen LogP contribution in [0.5, 0.6) is 0 Å². The highest BCUT2D eigenvalue weighted by atomic mass is 32.2. The van der Waals surface area contributed by atoms with Crippen molar-refractivity contribution in [1.29, 1.82) is 5.26 Å². The molecular weight excluding hydrogens is 242 g/mol. The molecule has 1 aliphatic heterocycles. The quantitative estimate of drug-likeness (QED) is 0.903. The second-order valence-electron chi connectivity index (χ2n) is 4.52. The fourth-order valence-electron chi connectivity index (χ4n) is 2.08. The topological polar surface area (TPSA) is 39.1 Å². The lowest BCUT2D eigenvalue weighted by Gasteiger charge is -2.26. The van der Waals surface area contributed by atoms with Gasteiger partial charge >= 0.3 is 0 Å². The first-order chi connectivity index (χ1) is 8.79. The summed E-state index contributed by atoms with van der Waals surface area (Å²) in [5.41, 5.74) is 2.91. The zero-order valence-electron chi connectivity index (χ0n) is 10.8. The number of benzene rings is 1. The number of nitriles is 1. The summed E-state index contributed by atoms with van der Waals surface area (Å²) in [6, 6.07) is 8.11. The summed E-state index contributed by atoms with van der Waals surface area (Å²) < 4.78 is 0. The number of nitrogens with one attached hydrogen (secondary N) is 1. The molecule has 1 N–H and O–H groups in total. The van der Waals surface area contributed by atoms with Crippen LogP contribution in [0.4, 0.5) is 5.69 Å². The van der Waals surface area contributed by atoms with E-state index in [4.69, 9.17) is 5.26 Å². The molecule has 1 aromatic rings. The van der Waals surface area contributed by atoms with Gasteiger partial charge in [0.15, 0.2) is 0 Å². The number of nitrogens with zero attached hydrogens (tertiary/aromatic N) is 2. The van der Waals surface area contributed by atoms with Crippen LogP contribution in [0, 0.1) is 18.3 Å². The molecule has 4 heteroatoms. The standard InChI is InChI=1S/C14H19N3S/c1-12-10-14(3-2-13(12)11-15)16-4-5-17-6-8-18-9-7-17/h2-3,10,16H,4-9H2,1H3. The lowest BCUT2D eigenvalue weighted by Crippen LogP contribution is -2.36. The van der Waals surface area contributed by atoms with Gasteiger partial charge in [-0.05, 0) is 30.7 Å². The molecule has 0 atom stereocenters. The Morgan fingerprint density at radius 2 is 2.17 bits per heavy atom. The molecular formula is C14H19N3S. The van der Waals surface area contributed by atoms with Crippen molar-refractivity contribution in [3.8, 4) is 6.07 Å². The number of anilines is 1. The molecule has 0 radical (unpaired) electrons. The van der Waals surface area contributed by atoms with E-state index in [0.717, 1.165) is 29.9 Å². The van der Waals surface area contributed by atoms with E-state index in [9.17, 15) is 0 Å². The Hall–Kier alpha value is -1.18. The molecule has 1 saturated heterocycles. The Labute approximate surface area is 113 Å². The monoisotopic (exact) mass is 261 g/mol. The maximum Gasteiger partial charge on any atom is 0.0994 e. The van der Waals surface area contributed by atoms with E-state index in [1.165, 1.54) is 24.6 Å². The molecule has 0 bridgehead atoms. The molecule has 0 aliphatic carbocycles. The van der Waals surface area contributed by atoms with Gasteiger partial charge in [0.1, 0.15) is 0 Å². The second kappa shape index (κ2) is 6.67. The average Bonchev–Trinajstić information content (AvgIpc) is 2.40. The van der Waals surface area contributed by atoms with Crippen LogP contribution in [0.25, 0.3) is 0 Å². The first-order valence-electron chi connectivity index (χ1n) is 6.34. The van der Waals surface area contributed by atoms with Crippen LogP contribution in [0.2, 0.25) is 0 Å². The van der Waals surface area contributed by atoms with Crippen LogP contribution >= 0.6 is 11.8 Å². The molecule has 1 aromatic carbocycles. The van der Waals surface area contributed by atoms with E-state index >= 15 is 0 Å². The fraction of sp³-hybridized carbons (Fsp3) is 0.500. The minimum Gasteiger partial charge on any atom is -0.384 e. The van der Waals surface area contributed by atoms with Gasteiger partial charge in [0.2, 0.25) is 0 Å². The first kappa shape index (κ1) is 13.3. The zero-order valence-corrected chi connectivity index (χ0v) is 11.6. The summed E-state index contributed by atoms with van der Waals surface area (Å²) >= 11 is 2.04. The summed E-state index contributed by atoms with van der Waals surface area (Å²) in [7, 11) is 0. The molecule has 0 spiro atoms. The highest BCUT2D eigenvalue weighted by molar-refractivity contribution is 7.99. The van der Waals surface area contributed by atoms with Crippen LogP contribution < -0.4 is 5.32 Å². The average molecular weight is 261 g/mol. The SMILES string of the molecule is Cc1cc(NCCN2CCSCC2)ccc1C#N. The Bertz CT molecular complexity index is 433. The number of rotatable bonds is 4. The Morgan fingerprint density at radius 3 is 2.83 bits per heavy atom. The third-order valence-electron chi connectivity index (χ3n) is 3.21. The number of hydrogen-bond acceptors (Lipinski definition) is 4. The van der Waals surface area contributed by atoms with Gasteiger partial charge in [-0.1, -0.05) is 0 Å². The van der Waals surface area contributed by atoms with Gasteiger partial charge < -0.3 is 5.32 Å². The summed E-state index contributed by atoms with van der Waals surface area (Å²) in [6.45, 7) is 6.46. The van der Waals surface area contributed by atoms with Crippen molar-refractivity contribution >= 4 is 17.4 Å². The van der Waals surface area contributed by atoms with Gasteiger partial charge in [-0.15, -0.1) is 0 Å². The lowest BCUT2D eigenvalue weighted by molar-refractivity contribution is 0.314. The first-order valence-corrected chi connectivity index (χ1v) is 7.50. The third kappa shape index (κ3) is 3.66. The van der Waals surface area contributed by atoms with Gasteiger partial charge in [0.25, 0.3) is 0 Å². The van der Waals surface area contributed by atoms with Gasteiger partial charge in [-0.2, -0.15) is 17.0 Å². The lowest BCUT2D eigenvalue weighted by atomic mass is 10.1. The van der Waals surface area contributed by atoms with Crippen molar-refractivity contribution in [3.05, 3.63) is 29.3 Å². The predicted molar refractivity (Wildman–Crippen MR) is 78.1 cm³/mol. The molecule has 0 aromatic heterocycles. The van der Waals surface area contributed by atoms with Gasteiger partial charge in [-0.25, -0.2) is 0 Å². The Balaban J connectivity index is 1.79. The van der Waals surface area contributed by atoms with Crippen molar-refractivity contribution in [2.24, 2.45) is 0 Å². The molecule has 18 heavy (non-hydrogen) atoms. The summed E-state index contributed by atoms with van der Waals surface area (Å²) in [5.74, 6) is 2.52. The van der Waals surface area contributed by atoms with Crippen LogP contribution in [0.1, 0.15) is 11.1 Å². The highest BCUT2D eigenvalue weighted by Gasteiger charge is 2.09. The van der Waals surface area contributed by atoms with Gasteiger partial charge in [-0.3, -0.25) is 4.90 Å². The molecule has 1 heterocycles. The molecule has 0 saturated carbocycles. The number of aryl methyl sites for hydroxylation is 1.